The molecule has 1 N–H and O–H groups in total. The van der Waals surface area contributed by atoms with Crippen LogP contribution < -0.4 is 10.1 Å². The SMILES string of the molecule is CCNC(CCCC(C)C)c1ccc(C)c(OC)c1. The Hall–Kier alpha value is -1.02. The lowest BCUT2D eigenvalue weighted by Crippen LogP contribution is -2.21. The lowest BCUT2D eigenvalue weighted by atomic mass is 9.97. The molecule has 0 fully saturated rings. The van der Waals surface area contributed by atoms with Crippen LogP contribution in [-0.4, -0.2) is 13.7 Å². The van der Waals surface area contributed by atoms with E-state index in [1.807, 2.05) is 0 Å². The van der Waals surface area contributed by atoms with E-state index >= 15 is 0 Å². The molecule has 0 radical (unpaired) electrons. The van der Waals surface area contributed by atoms with Gasteiger partial charge in [0.25, 0.3) is 0 Å². The minimum atomic E-state index is 0.443. The van der Waals surface area contributed by atoms with Crippen LogP contribution in [0.3, 0.4) is 0 Å². The summed E-state index contributed by atoms with van der Waals surface area (Å²) in [7, 11) is 1.74. The van der Waals surface area contributed by atoms with E-state index in [0.717, 1.165) is 18.2 Å². The van der Waals surface area contributed by atoms with Gasteiger partial charge in [0.1, 0.15) is 5.75 Å². The van der Waals surface area contributed by atoms with Crippen LogP contribution in [0.25, 0.3) is 0 Å². The van der Waals surface area contributed by atoms with Gasteiger partial charge in [-0.1, -0.05) is 45.7 Å². The molecule has 0 aliphatic rings. The van der Waals surface area contributed by atoms with Gasteiger partial charge in [-0.15, -0.1) is 0 Å². The van der Waals surface area contributed by atoms with Crippen molar-refractivity contribution in [2.45, 2.75) is 53.0 Å². The summed E-state index contributed by atoms with van der Waals surface area (Å²) in [5.74, 6) is 1.78. The Labute approximate surface area is 118 Å². The van der Waals surface area contributed by atoms with Gasteiger partial charge in [0.05, 0.1) is 7.11 Å². The molecular weight excluding hydrogens is 234 g/mol. The van der Waals surface area contributed by atoms with Crippen LogP contribution in [0, 0.1) is 12.8 Å². The first kappa shape index (κ1) is 16.0. The van der Waals surface area contributed by atoms with Gasteiger partial charge in [0, 0.05) is 6.04 Å². The summed E-state index contributed by atoms with van der Waals surface area (Å²) < 4.78 is 5.43. The van der Waals surface area contributed by atoms with Crippen LogP contribution in [0.2, 0.25) is 0 Å². The first-order valence-corrected chi connectivity index (χ1v) is 7.46. The van der Waals surface area contributed by atoms with E-state index in [2.05, 4.69) is 51.2 Å². The van der Waals surface area contributed by atoms with Crippen LogP contribution in [-0.2, 0) is 0 Å². The number of methoxy groups -OCH3 is 1. The predicted molar refractivity (Wildman–Crippen MR) is 82.8 cm³/mol. The smallest absolute Gasteiger partial charge is 0.122 e. The molecule has 1 aromatic rings. The standard InChI is InChI=1S/C17H29NO/c1-6-18-16(9-7-8-13(2)3)15-11-10-14(4)17(12-15)19-5/h10-13,16,18H,6-9H2,1-5H3. The minimum absolute atomic E-state index is 0.443. The molecule has 2 heteroatoms. The third kappa shape index (κ3) is 5.23. The van der Waals surface area contributed by atoms with Gasteiger partial charge in [-0.3, -0.25) is 0 Å². The molecule has 0 saturated heterocycles. The normalized spacial score (nSPS) is 12.7. The van der Waals surface area contributed by atoms with Crippen LogP contribution in [0.1, 0.15) is 57.2 Å². The van der Waals surface area contributed by atoms with Gasteiger partial charge < -0.3 is 10.1 Å². The zero-order valence-electron chi connectivity index (χ0n) is 13.1. The van der Waals surface area contributed by atoms with Crippen molar-refractivity contribution in [3.63, 3.8) is 0 Å². The van der Waals surface area contributed by atoms with E-state index in [1.165, 1.54) is 30.4 Å². The molecule has 0 saturated carbocycles. The van der Waals surface area contributed by atoms with Crippen LogP contribution in [0.5, 0.6) is 5.75 Å². The number of hydrogen-bond acceptors (Lipinski definition) is 2. The average molecular weight is 263 g/mol. The molecule has 0 bridgehead atoms. The molecule has 19 heavy (non-hydrogen) atoms. The monoisotopic (exact) mass is 263 g/mol. The Kier molecular flexibility index (Phi) is 6.93. The first-order chi connectivity index (χ1) is 9.08. The fourth-order valence-electron chi connectivity index (χ4n) is 2.42. The molecular formula is C17H29NO. The molecule has 1 aromatic carbocycles. The number of ether oxygens (including phenoxy) is 1. The molecule has 2 nitrogen and oxygen atoms in total. The second kappa shape index (κ2) is 8.21. The summed E-state index contributed by atoms with van der Waals surface area (Å²) >= 11 is 0. The lowest BCUT2D eigenvalue weighted by Gasteiger charge is -2.20. The van der Waals surface area contributed by atoms with Crippen molar-refractivity contribution in [2.24, 2.45) is 5.92 Å². The zero-order valence-corrected chi connectivity index (χ0v) is 13.1. The third-order valence-electron chi connectivity index (χ3n) is 3.56. The minimum Gasteiger partial charge on any atom is -0.496 e. The van der Waals surface area contributed by atoms with E-state index in [0.29, 0.717) is 6.04 Å². The molecule has 0 aliphatic heterocycles. The Balaban J connectivity index is 2.74. The second-order valence-electron chi connectivity index (χ2n) is 5.66. The van der Waals surface area contributed by atoms with Crippen molar-refractivity contribution in [3.05, 3.63) is 29.3 Å². The summed E-state index contributed by atoms with van der Waals surface area (Å²) in [5, 5.41) is 3.59. The third-order valence-corrected chi connectivity index (χ3v) is 3.56. The van der Waals surface area contributed by atoms with E-state index in [1.54, 1.807) is 7.11 Å². The van der Waals surface area contributed by atoms with Crippen molar-refractivity contribution in [1.82, 2.24) is 5.32 Å². The number of rotatable bonds is 8. The maximum Gasteiger partial charge on any atom is 0.122 e. The van der Waals surface area contributed by atoms with Crippen LogP contribution >= 0.6 is 0 Å². The van der Waals surface area contributed by atoms with Crippen LogP contribution in [0.4, 0.5) is 0 Å². The van der Waals surface area contributed by atoms with Gasteiger partial charge in [0.2, 0.25) is 0 Å². The highest BCUT2D eigenvalue weighted by Crippen LogP contribution is 2.26. The highest BCUT2D eigenvalue weighted by Gasteiger charge is 2.12. The van der Waals surface area contributed by atoms with Crippen LogP contribution in [0.15, 0.2) is 18.2 Å². The Morgan fingerprint density at radius 3 is 2.53 bits per heavy atom. The quantitative estimate of drug-likeness (QED) is 0.746. The fraction of sp³-hybridized carbons (Fsp3) is 0.647. The van der Waals surface area contributed by atoms with Crippen molar-refractivity contribution >= 4 is 0 Å². The molecule has 0 heterocycles. The van der Waals surface area contributed by atoms with Crippen molar-refractivity contribution in [1.29, 1.82) is 0 Å². The summed E-state index contributed by atoms with van der Waals surface area (Å²) in [6.45, 7) is 9.83. The summed E-state index contributed by atoms with van der Waals surface area (Å²) in [4.78, 5) is 0. The number of aryl methyl sites for hydroxylation is 1. The largest absolute Gasteiger partial charge is 0.496 e. The molecule has 1 rings (SSSR count). The van der Waals surface area contributed by atoms with Gasteiger partial charge in [-0.2, -0.15) is 0 Å². The van der Waals surface area contributed by atoms with E-state index in [9.17, 15) is 0 Å². The molecule has 0 amide bonds. The highest BCUT2D eigenvalue weighted by molar-refractivity contribution is 5.37. The lowest BCUT2D eigenvalue weighted by molar-refractivity contribution is 0.408. The van der Waals surface area contributed by atoms with Crippen molar-refractivity contribution < 1.29 is 4.74 Å². The predicted octanol–water partition coefficient (Wildman–Crippen LogP) is 4.48. The highest BCUT2D eigenvalue weighted by atomic mass is 16.5. The number of benzene rings is 1. The maximum atomic E-state index is 5.43. The molecule has 1 unspecified atom stereocenters. The second-order valence-corrected chi connectivity index (χ2v) is 5.66. The first-order valence-electron chi connectivity index (χ1n) is 7.46. The maximum absolute atomic E-state index is 5.43. The molecule has 0 aromatic heterocycles. The molecule has 0 aliphatic carbocycles. The molecule has 108 valence electrons. The fourth-order valence-corrected chi connectivity index (χ4v) is 2.42. The topological polar surface area (TPSA) is 21.3 Å². The number of nitrogens with one attached hydrogen (secondary N) is 1. The summed E-state index contributed by atoms with van der Waals surface area (Å²) in [6.07, 6.45) is 3.76. The van der Waals surface area contributed by atoms with Crippen molar-refractivity contribution in [2.75, 3.05) is 13.7 Å². The van der Waals surface area contributed by atoms with Gasteiger partial charge in [-0.25, -0.2) is 0 Å². The average Bonchev–Trinajstić information content (AvgIpc) is 2.38. The van der Waals surface area contributed by atoms with Crippen molar-refractivity contribution in [3.8, 4) is 5.75 Å². The zero-order chi connectivity index (χ0) is 14.3. The Morgan fingerprint density at radius 1 is 1.21 bits per heavy atom. The van der Waals surface area contributed by atoms with E-state index in [4.69, 9.17) is 4.74 Å². The van der Waals surface area contributed by atoms with Gasteiger partial charge in [-0.05, 0) is 43.0 Å². The summed E-state index contributed by atoms with van der Waals surface area (Å²) in [6, 6.07) is 7.00. The number of hydrogen-bond donors (Lipinski definition) is 1. The Bertz CT molecular complexity index is 374. The van der Waals surface area contributed by atoms with E-state index < -0.39 is 0 Å². The van der Waals surface area contributed by atoms with Gasteiger partial charge in [0.15, 0.2) is 0 Å². The molecule has 0 spiro atoms. The van der Waals surface area contributed by atoms with Gasteiger partial charge >= 0.3 is 0 Å². The summed E-state index contributed by atoms with van der Waals surface area (Å²) in [5.41, 5.74) is 2.54. The Morgan fingerprint density at radius 2 is 1.95 bits per heavy atom. The molecule has 1 atom stereocenters. The van der Waals surface area contributed by atoms with E-state index in [-0.39, 0.29) is 0 Å².